The predicted octanol–water partition coefficient (Wildman–Crippen LogP) is -1.52. The zero-order valence-electron chi connectivity index (χ0n) is 10.4. The predicted molar refractivity (Wildman–Crippen MR) is 66.1 cm³/mol. The van der Waals surface area contributed by atoms with E-state index in [0.29, 0.717) is 0 Å². The minimum atomic E-state index is -0.778. The lowest BCUT2D eigenvalue weighted by Crippen LogP contribution is -3.00. The third-order valence-corrected chi connectivity index (χ3v) is 2.52. The molecule has 21 heavy (non-hydrogen) atoms. The van der Waals surface area contributed by atoms with Gasteiger partial charge in [0.2, 0.25) is 0 Å². The fourth-order valence-corrected chi connectivity index (χ4v) is 1.61. The summed E-state index contributed by atoms with van der Waals surface area (Å²) >= 11 is 0. The first-order valence-electron chi connectivity index (χ1n) is 5.44. The van der Waals surface area contributed by atoms with Crippen LogP contribution in [0, 0.1) is 20.2 Å². The van der Waals surface area contributed by atoms with Gasteiger partial charge < -0.3 is 12.4 Å². The molecule has 1 aromatic heterocycles. The van der Waals surface area contributed by atoms with Gasteiger partial charge in [-0.15, -0.1) is 4.57 Å². The topological polar surface area (TPSA) is 107 Å². The SMILES string of the molecule is O=C(c1cc([N+](=O)[O-])cc([N+](=O)[O-])c1)[n+]1ccccc1.[Cl-]. The summed E-state index contributed by atoms with van der Waals surface area (Å²) in [4.78, 5) is 32.1. The highest BCUT2D eigenvalue weighted by Gasteiger charge is 2.24. The van der Waals surface area contributed by atoms with Crippen molar-refractivity contribution in [2.45, 2.75) is 0 Å². The first-order valence-corrected chi connectivity index (χ1v) is 5.44. The molecule has 0 radical (unpaired) electrons. The molecule has 1 aromatic carbocycles. The number of carbonyl (C=O) groups excluding carboxylic acids is 1. The van der Waals surface area contributed by atoms with Gasteiger partial charge in [-0.3, -0.25) is 20.2 Å². The molecule has 1 heterocycles. The summed E-state index contributed by atoms with van der Waals surface area (Å²) < 4.78 is 1.18. The number of hydrogen-bond donors (Lipinski definition) is 0. The molecule has 0 spiro atoms. The lowest BCUT2D eigenvalue weighted by Gasteiger charge is -1.97. The minimum absolute atomic E-state index is 0. The molecule has 108 valence electrons. The summed E-state index contributed by atoms with van der Waals surface area (Å²) in [6.07, 6.45) is 2.90. The van der Waals surface area contributed by atoms with E-state index in [0.717, 1.165) is 18.2 Å². The number of benzene rings is 1. The van der Waals surface area contributed by atoms with Crippen LogP contribution in [0.2, 0.25) is 0 Å². The first-order chi connectivity index (χ1) is 9.49. The maximum absolute atomic E-state index is 12.1. The van der Waals surface area contributed by atoms with Crippen molar-refractivity contribution in [3.8, 4) is 0 Å². The lowest BCUT2D eigenvalue weighted by molar-refractivity contribution is -0.570. The number of halogens is 1. The summed E-state index contributed by atoms with van der Waals surface area (Å²) in [5, 5.41) is 21.5. The second-order valence-corrected chi connectivity index (χ2v) is 3.84. The van der Waals surface area contributed by atoms with E-state index in [1.54, 1.807) is 18.2 Å². The van der Waals surface area contributed by atoms with Crippen molar-refractivity contribution in [3.05, 3.63) is 74.6 Å². The smallest absolute Gasteiger partial charge is 0.425 e. The molecule has 0 aliphatic carbocycles. The Bertz CT molecular complexity index is 673. The summed E-state index contributed by atoms with van der Waals surface area (Å²) in [6.45, 7) is 0. The Labute approximate surface area is 124 Å². The van der Waals surface area contributed by atoms with Crippen molar-refractivity contribution in [1.82, 2.24) is 0 Å². The molecule has 8 nitrogen and oxygen atoms in total. The summed E-state index contributed by atoms with van der Waals surface area (Å²) in [5.41, 5.74) is -1.12. The highest BCUT2D eigenvalue weighted by molar-refractivity contribution is 5.89. The second kappa shape index (κ2) is 6.53. The van der Waals surface area contributed by atoms with Gasteiger partial charge in [0.1, 0.15) is 5.56 Å². The molecule has 0 aliphatic heterocycles. The molecule has 0 bridgehead atoms. The number of aromatic nitrogens is 1. The van der Waals surface area contributed by atoms with Crippen molar-refractivity contribution in [1.29, 1.82) is 0 Å². The molecule has 0 saturated heterocycles. The Hall–Kier alpha value is -2.87. The van der Waals surface area contributed by atoms with Gasteiger partial charge in [0.15, 0.2) is 12.4 Å². The Morgan fingerprint density at radius 3 is 1.81 bits per heavy atom. The molecule has 0 fully saturated rings. The fourth-order valence-electron chi connectivity index (χ4n) is 1.61. The fraction of sp³-hybridized carbons (Fsp3) is 0. The molecule has 0 saturated carbocycles. The maximum atomic E-state index is 12.1. The molecule has 0 amide bonds. The molecular formula is C12H8ClN3O5. The van der Waals surface area contributed by atoms with E-state index in [2.05, 4.69) is 0 Å². The van der Waals surface area contributed by atoms with Gasteiger partial charge in [0, 0.05) is 24.3 Å². The van der Waals surface area contributed by atoms with Gasteiger partial charge in [-0.2, -0.15) is 0 Å². The van der Waals surface area contributed by atoms with Crippen molar-refractivity contribution >= 4 is 17.3 Å². The zero-order valence-corrected chi connectivity index (χ0v) is 11.1. The highest BCUT2D eigenvalue weighted by Crippen LogP contribution is 2.22. The van der Waals surface area contributed by atoms with Gasteiger partial charge in [-0.1, -0.05) is 6.07 Å². The molecular weight excluding hydrogens is 302 g/mol. The van der Waals surface area contributed by atoms with Gasteiger partial charge >= 0.3 is 5.91 Å². The van der Waals surface area contributed by atoms with E-state index >= 15 is 0 Å². The van der Waals surface area contributed by atoms with Crippen LogP contribution in [-0.4, -0.2) is 15.8 Å². The number of non-ortho nitro benzene ring substituents is 2. The number of carbonyl (C=O) groups is 1. The number of nitro groups is 2. The first kappa shape index (κ1) is 16.2. The third-order valence-electron chi connectivity index (χ3n) is 2.52. The van der Waals surface area contributed by atoms with E-state index in [-0.39, 0.29) is 18.0 Å². The average Bonchev–Trinajstić information content (AvgIpc) is 2.46. The van der Waals surface area contributed by atoms with Crippen LogP contribution in [0.25, 0.3) is 0 Å². The summed E-state index contributed by atoms with van der Waals surface area (Å²) in [7, 11) is 0. The van der Waals surface area contributed by atoms with Gasteiger partial charge in [0.25, 0.3) is 11.4 Å². The van der Waals surface area contributed by atoms with Crippen LogP contribution in [0.1, 0.15) is 10.4 Å². The number of pyridine rings is 1. The van der Waals surface area contributed by atoms with Crippen LogP contribution < -0.4 is 17.0 Å². The van der Waals surface area contributed by atoms with Gasteiger partial charge in [-0.25, -0.2) is 4.79 Å². The van der Waals surface area contributed by atoms with E-state index in [9.17, 15) is 25.0 Å². The number of hydrogen-bond acceptors (Lipinski definition) is 5. The molecule has 2 rings (SSSR count). The molecule has 2 aromatic rings. The number of nitrogens with zero attached hydrogens (tertiary/aromatic N) is 3. The van der Waals surface area contributed by atoms with E-state index in [1.807, 2.05) is 0 Å². The van der Waals surface area contributed by atoms with E-state index in [4.69, 9.17) is 0 Å². The van der Waals surface area contributed by atoms with Crippen molar-refractivity contribution in [2.24, 2.45) is 0 Å². The largest absolute Gasteiger partial charge is 1.00 e. The van der Waals surface area contributed by atoms with E-state index in [1.165, 1.54) is 17.0 Å². The molecule has 0 unspecified atom stereocenters. The quantitative estimate of drug-likeness (QED) is 0.389. The Balaban J connectivity index is 0.00000220. The minimum Gasteiger partial charge on any atom is -1.00 e. The number of nitro benzene ring substituents is 2. The van der Waals surface area contributed by atoms with Crippen LogP contribution in [-0.2, 0) is 0 Å². The third kappa shape index (κ3) is 3.57. The Kier molecular flexibility index (Phi) is 5.03. The van der Waals surface area contributed by atoms with Crippen molar-refractivity contribution in [3.63, 3.8) is 0 Å². The average molecular weight is 310 g/mol. The van der Waals surface area contributed by atoms with Crippen LogP contribution >= 0.6 is 0 Å². The number of rotatable bonds is 3. The maximum Gasteiger partial charge on any atom is 0.425 e. The standard InChI is InChI=1S/C12H8N3O5.ClH/c16-12(13-4-2-1-3-5-13)9-6-10(14(17)18)8-11(7-9)15(19)20;/h1-8H;1H/q+1;/p-1. The molecule has 0 aliphatic rings. The van der Waals surface area contributed by atoms with Gasteiger partial charge in [-0.05, 0) is 0 Å². The van der Waals surface area contributed by atoms with Crippen LogP contribution in [0.4, 0.5) is 11.4 Å². The Morgan fingerprint density at radius 2 is 1.38 bits per heavy atom. The highest BCUT2D eigenvalue weighted by atomic mass is 35.5. The zero-order chi connectivity index (χ0) is 14.7. The monoisotopic (exact) mass is 309 g/mol. The van der Waals surface area contributed by atoms with Crippen LogP contribution in [0.3, 0.4) is 0 Å². The van der Waals surface area contributed by atoms with Gasteiger partial charge in [0.05, 0.1) is 15.9 Å². The normalized spacial score (nSPS) is 9.52. The lowest BCUT2D eigenvalue weighted by atomic mass is 10.1. The molecule has 9 heteroatoms. The van der Waals surface area contributed by atoms with E-state index < -0.39 is 27.1 Å². The summed E-state index contributed by atoms with van der Waals surface area (Å²) in [6, 6.07) is 7.73. The van der Waals surface area contributed by atoms with Crippen LogP contribution in [0.15, 0.2) is 48.8 Å². The molecule has 0 atom stereocenters. The second-order valence-electron chi connectivity index (χ2n) is 3.84. The van der Waals surface area contributed by atoms with Crippen molar-refractivity contribution in [2.75, 3.05) is 0 Å². The summed E-state index contributed by atoms with van der Waals surface area (Å²) in [5.74, 6) is -0.586. The van der Waals surface area contributed by atoms with Crippen molar-refractivity contribution < 1.29 is 31.6 Å². The molecule has 0 N–H and O–H groups in total. The van der Waals surface area contributed by atoms with Crippen LogP contribution in [0.5, 0.6) is 0 Å². The Morgan fingerprint density at radius 1 is 0.905 bits per heavy atom.